The first kappa shape index (κ1) is 25.3. The van der Waals surface area contributed by atoms with Crippen LogP contribution in [0.15, 0.2) is 30.3 Å². The monoisotopic (exact) mass is 456 g/mol. The third-order valence-corrected chi connectivity index (χ3v) is 6.44. The summed E-state index contributed by atoms with van der Waals surface area (Å²) in [5.41, 5.74) is 0.997. The Morgan fingerprint density at radius 1 is 1.19 bits per heavy atom. The van der Waals surface area contributed by atoms with Gasteiger partial charge in [0.25, 0.3) is 6.47 Å². The minimum absolute atomic E-state index is 0.00913. The quantitative estimate of drug-likeness (QED) is 0.595. The summed E-state index contributed by atoms with van der Waals surface area (Å²) in [7, 11) is -3.19. The van der Waals surface area contributed by atoms with Gasteiger partial charge >= 0.3 is 0 Å². The van der Waals surface area contributed by atoms with Gasteiger partial charge in [-0.15, -0.1) is 0 Å². The van der Waals surface area contributed by atoms with Gasteiger partial charge in [0.15, 0.2) is 0 Å². The van der Waals surface area contributed by atoms with Crippen LogP contribution in [0.1, 0.15) is 30.9 Å². The van der Waals surface area contributed by atoms with E-state index < -0.39 is 9.84 Å². The van der Waals surface area contributed by atoms with E-state index in [1.54, 1.807) is 4.90 Å². The molecule has 2 atom stereocenters. The predicted octanol–water partition coefficient (Wildman–Crippen LogP) is 0.547. The maximum atomic E-state index is 12.9. The summed E-state index contributed by atoms with van der Waals surface area (Å²) in [6.45, 7) is 2.95. The zero-order valence-corrected chi connectivity index (χ0v) is 18.6. The van der Waals surface area contributed by atoms with Crippen LogP contribution in [0.5, 0.6) is 0 Å². The largest absolute Gasteiger partial charge is 0.483 e. The van der Waals surface area contributed by atoms with Crippen molar-refractivity contribution in [1.29, 1.82) is 0 Å². The van der Waals surface area contributed by atoms with Crippen molar-refractivity contribution in [3.8, 4) is 0 Å². The van der Waals surface area contributed by atoms with Gasteiger partial charge in [0.05, 0.1) is 30.6 Å². The number of aliphatic hydroxyl groups excluding tert-OH is 1. The van der Waals surface area contributed by atoms with E-state index in [1.807, 2.05) is 30.3 Å². The minimum atomic E-state index is -3.19. The lowest BCUT2D eigenvalue weighted by molar-refractivity contribution is -0.148. The van der Waals surface area contributed by atoms with E-state index in [0.29, 0.717) is 19.7 Å². The van der Waals surface area contributed by atoms with Crippen LogP contribution in [0.4, 0.5) is 0 Å². The number of carboxylic acid groups (broad SMARTS) is 1. The molecule has 174 valence electrons. The van der Waals surface area contributed by atoms with E-state index in [0.717, 1.165) is 37.8 Å². The Balaban J connectivity index is 0.00000107. The van der Waals surface area contributed by atoms with Crippen molar-refractivity contribution in [2.75, 3.05) is 44.8 Å². The van der Waals surface area contributed by atoms with E-state index >= 15 is 0 Å². The Kier molecular flexibility index (Phi) is 9.89. The van der Waals surface area contributed by atoms with Gasteiger partial charge in [-0.3, -0.25) is 9.59 Å². The molecule has 2 N–H and O–H groups in total. The zero-order chi connectivity index (χ0) is 22.9. The number of sulfone groups is 1. The molecular formula is C21H32N2O7S. The van der Waals surface area contributed by atoms with Crippen LogP contribution in [-0.2, 0) is 24.2 Å². The molecule has 1 aromatic rings. The first-order valence-electron chi connectivity index (χ1n) is 10.4. The van der Waals surface area contributed by atoms with E-state index in [4.69, 9.17) is 14.6 Å². The van der Waals surface area contributed by atoms with Crippen molar-refractivity contribution in [2.24, 2.45) is 0 Å². The average Bonchev–Trinajstić information content (AvgIpc) is 2.74. The Morgan fingerprint density at radius 2 is 1.81 bits per heavy atom. The minimum Gasteiger partial charge on any atom is -0.483 e. The summed E-state index contributed by atoms with van der Waals surface area (Å²) in [4.78, 5) is 25.3. The molecular weight excluding hydrogens is 424 g/mol. The second kappa shape index (κ2) is 12.1. The van der Waals surface area contributed by atoms with E-state index in [9.17, 15) is 18.3 Å². The molecule has 0 spiro atoms. The molecule has 2 heterocycles. The fourth-order valence-corrected chi connectivity index (χ4v) is 4.53. The van der Waals surface area contributed by atoms with Crippen LogP contribution in [0, 0.1) is 0 Å². The molecule has 0 aliphatic carbocycles. The second-order valence-corrected chi connectivity index (χ2v) is 10.1. The molecule has 0 saturated carbocycles. The van der Waals surface area contributed by atoms with Crippen LogP contribution in [0.3, 0.4) is 0 Å². The summed E-state index contributed by atoms with van der Waals surface area (Å²) in [6.07, 6.45) is 2.22. The van der Waals surface area contributed by atoms with Gasteiger partial charge in [-0.2, -0.15) is 0 Å². The number of aliphatic hydroxyl groups is 1. The third-order valence-electron chi connectivity index (χ3n) is 5.50. The molecule has 2 fully saturated rings. The van der Waals surface area contributed by atoms with E-state index in [1.165, 1.54) is 0 Å². The van der Waals surface area contributed by atoms with Crippen molar-refractivity contribution in [2.45, 2.75) is 37.5 Å². The number of amides is 1. The van der Waals surface area contributed by atoms with Crippen molar-refractivity contribution >= 4 is 22.2 Å². The van der Waals surface area contributed by atoms with Gasteiger partial charge in [-0.25, -0.2) is 8.42 Å². The van der Waals surface area contributed by atoms with Gasteiger partial charge in [0, 0.05) is 38.9 Å². The fourth-order valence-electron chi connectivity index (χ4n) is 3.98. The summed E-state index contributed by atoms with van der Waals surface area (Å²) < 4.78 is 29.1. The van der Waals surface area contributed by atoms with Crippen molar-refractivity contribution in [3.05, 3.63) is 35.9 Å². The zero-order valence-electron chi connectivity index (χ0n) is 17.8. The van der Waals surface area contributed by atoms with Crippen molar-refractivity contribution in [3.63, 3.8) is 0 Å². The van der Waals surface area contributed by atoms with Gasteiger partial charge in [0.2, 0.25) is 5.91 Å². The molecule has 0 unspecified atom stereocenters. The lowest BCUT2D eigenvalue weighted by Gasteiger charge is -2.44. The molecule has 31 heavy (non-hydrogen) atoms. The predicted molar refractivity (Wildman–Crippen MR) is 115 cm³/mol. The average molecular weight is 457 g/mol. The number of morpholine rings is 1. The number of piperidine rings is 1. The smallest absolute Gasteiger partial charge is 0.290 e. The fraction of sp³-hybridized carbons (Fsp3) is 0.619. The number of nitrogens with zero attached hydrogens (tertiary/aromatic N) is 2. The number of ether oxygens (including phenoxy) is 1. The van der Waals surface area contributed by atoms with E-state index in [-0.39, 0.29) is 42.8 Å². The molecule has 0 bridgehead atoms. The molecule has 2 saturated heterocycles. The second-order valence-electron chi connectivity index (χ2n) is 7.87. The molecule has 10 heteroatoms. The summed E-state index contributed by atoms with van der Waals surface area (Å²) in [6, 6.07) is 9.55. The summed E-state index contributed by atoms with van der Waals surface area (Å²) in [5, 5.41) is 16.6. The number of hydrogen-bond acceptors (Lipinski definition) is 7. The normalized spacial score (nSPS) is 23.0. The summed E-state index contributed by atoms with van der Waals surface area (Å²) in [5.74, 6) is -0.291. The SMILES string of the molecule is CS(=O)(=O)CCC(=O)N1CCO[C@@H](CN2CCC(O)CC2)[C@@H]1c1ccccc1.O=CO. The maximum Gasteiger partial charge on any atom is 0.290 e. The first-order chi connectivity index (χ1) is 14.7. The Hall–Kier alpha value is -2.01. The highest BCUT2D eigenvalue weighted by Crippen LogP contribution is 2.31. The van der Waals surface area contributed by atoms with Gasteiger partial charge < -0.3 is 24.7 Å². The highest BCUT2D eigenvalue weighted by Gasteiger charge is 2.37. The summed E-state index contributed by atoms with van der Waals surface area (Å²) >= 11 is 0. The first-order valence-corrected chi connectivity index (χ1v) is 12.4. The van der Waals surface area contributed by atoms with Crippen LogP contribution in [0.2, 0.25) is 0 Å². The Labute approximate surface area is 183 Å². The number of carbonyl (C=O) groups excluding carboxylic acids is 1. The van der Waals surface area contributed by atoms with Crippen LogP contribution in [0.25, 0.3) is 0 Å². The van der Waals surface area contributed by atoms with Gasteiger partial charge in [-0.1, -0.05) is 30.3 Å². The van der Waals surface area contributed by atoms with E-state index in [2.05, 4.69) is 4.90 Å². The Bertz CT molecular complexity index is 795. The third kappa shape index (κ3) is 8.21. The lowest BCUT2D eigenvalue weighted by Crippen LogP contribution is -2.53. The molecule has 9 nitrogen and oxygen atoms in total. The number of rotatable bonds is 6. The maximum absolute atomic E-state index is 12.9. The highest BCUT2D eigenvalue weighted by molar-refractivity contribution is 7.90. The topological polar surface area (TPSA) is 124 Å². The van der Waals surface area contributed by atoms with Gasteiger partial charge in [0.1, 0.15) is 9.84 Å². The van der Waals surface area contributed by atoms with Crippen LogP contribution >= 0.6 is 0 Å². The van der Waals surface area contributed by atoms with Crippen molar-refractivity contribution in [1.82, 2.24) is 9.80 Å². The molecule has 2 aliphatic rings. The Morgan fingerprint density at radius 3 is 2.39 bits per heavy atom. The molecule has 2 aliphatic heterocycles. The van der Waals surface area contributed by atoms with Gasteiger partial charge in [-0.05, 0) is 18.4 Å². The van der Waals surface area contributed by atoms with Crippen LogP contribution in [-0.4, -0.2) is 97.8 Å². The number of hydrogen-bond donors (Lipinski definition) is 2. The number of likely N-dealkylation sites (tertiary alicyclic amines) is 1. The standard InChI is InChI=1S/C20H30N2O5S.CH2O2/c1-28(25,26)14-9-19(24)22-12-13-27-18(15-21-10-7-17(23)8-11-21)20(22)16-5-3-2-4-6-16;2-1-3/h2-6,17-18,20,23H,7-15H2,1H3;1H,(H,2,3)/t18-,20-;/m0./s1. The molecule has 0 radical (unpaired) electrons. The van der Waals surface area contributed by atoms with Crippen LogP contribution < -0.4 is 0 Å². The molecule has 0 aromatic heterocycles. The molecule has 3 rings (SSSR count). The highest BCUT2D eigenvalue weighted by atomic mass is 32.2. The molecule has 1 amide bonds. The molecule has 1 aromatic carbocycles. The lowest BCUT2D eigenvalue weighted by atomic mass is 9.96. The number of carbonyl (C=O) groups is 2. The van der Waals surface area contributed by atoms with Crippen molar-refractivity contribution < 1.29 is 33.0 Å². The number of benzene rings is 1.